The molecule has 0 radical (unpaired) electrons. The standard InChI is InChI=1S/C24H27N5OS2/c1-2-29-21(14-13-17-9-5-3-6-10-17)27-28-24(29)31-16-22(30)26-23-19(15-25)18-11-7-4-8-12-20(18)32-23/h3,5-6,9-10H,2,4,7-8,11-14,16H2,1H3,(H,26,30). The van der Waals surface area contributed by atoms with Crippen LogP contribution < -0.4 is 5.32 Å². The number of thioether (sulfide) groups is 1. The molecular weight excluding hydrogens is 438 g/mol. The van der Waals surface area contributed by atoms with Crippen LogP contribution in [0.25, 0.3) is 0 Å². The molecule has 2 heterocycles. The Hall–Kier alpha value is -2.63. The maximum atomic E-state index is 12.7. The van der Waals surface area contributed by atoms with Gasteiger partial charge in [-0.3, -0.25) is 4.79 Å². The van der Waals surface area contributed by atoms with Crippen LogP contribution in [0.15, 0.2) is 35.5 Å². The number of nitrogens with zero attached hydrogens (tertiary/aromatic N) is 4. The van der Waals surface area contributed by atoms with Gasteiger partial charge in [-0.1, -0.05) is 48.5 Å². The normalized spacial score (nSPS) is 13.2. The quantitative estimate of drug-likeness (QED) is 0.373. The zero-order valence-electron chi connectivity index (χ0n) is 18.3. The average Bonchev–Trinajstić information content (AvgIpc) is 3.28. The van der Waals surface area contributed by atoms with E-state index in [9.17, 15) is 10.1 Å². The van der Waals surface area contributed by atoms with Gasteiger partial charge in [-0.2, -0.15) is 5.26 Å². The van der Waals surface area contributed by atoms with Gasteiger partial charge in [0.05, 0.1) is 11.3 Å². The smallest absolute Gasteiger partial charge is 0.235 e. The number of carbonyl (C=O) groups is 1. The maximum absolute atomic E-state index is 12.7. The Morgan fingerprint density at radius 1 is 1.19 bits per heavy atom. The first-order valence-corrected chi connectivity index (χ1v) is 12.9. The largest absolute Gasteiger partial charge is 0.316 e. The Morgan fingerprint density at radius 2 is 2.00 bits per heavy atom. The average molecular weight is 466 g/mol. The topological polar surface area (TPSA) is 83.6 Å². The van der Waals surface area contributed by atoms with Crippen molar-refractivity contribution in [1.82, 2.24) is 14.8 Å². The van der Waals surface area contributed by atoms with Crippen molar-refractivity contribution in [2.45, 2.75) is 63.6 Å². The van der Waals surface area contributed by atoms with Gasteiger partial charge in [-0.15, -0.1) is 21.5 Å². The van der Waals surface area contributed by atoms with Crippen molar-refractivity contribution in [3.05, 3.63) is 57.7 Å². The Labute approximate surface area is 197 Å². The van der Waals surface area contributed by atoms with Gasteiger partial charge < -0.3 is 9.88 Å². The minimum Gasteiger partial charge on any atom is -0.316 e. The molecule has 1 aliphatic rings. The highest BCUT2D eigenvalue weighted by Crippen LogP contribution is 2.37. The zero-order chi connectivity index (χ0) is 22.3. The van der Waals surface area contributed by atoms with Crippen LogP contribution in [0.3, 0.4) is 0 Å². The second-order valence-corrected chi connectivity index (χ2v) is 9.89. The Kier molecular flexibility index (Phi) is 7.61. The second-order valence-electron chi connectivity index (χ2n) is 7.85. The van der Waals surface area contributed by atoms with Crippen molar-refractivity contribution in [3.8, 4) is 6.07 Å². The van der Waals surface area contributed by atoms with E-state index < -0.39 is 0 Å². The van der Waals surface area contributed by atoms with Crippen LogP contribution in [-0.2, 0) is 37.0 Å². The highest BCUT2D eigenvalue weighted by Gasteiger charge is 2.21. The van der Waals surface area contributed by atoms with Gasteiger partial charge in [0.2, 0.25) is 5.91 Å². The third-order valence-electron chi connectivity index (χ3n) is 5.71. The van der Waals surface area contributed by atoms with Crippen molar-refractivity contribution in [1.29, 1.82) is 5.26 Å². The summed E-state index contributed by atoms with van der Waals surface area (Å²) >= 11 is 2.96. The minimum absolute atomic E-state index is 0.112. The Morgan fingerprint density at radius 3 is 2.78 bits per heavy atom. The molecule has 8 heteroatoms. The Balaban J connectivity index is 1.37. The van der Waals surface area contributed by atoms with Crippen LogP contribution in [0.5, 0.6) is 0 Å². The number of nitrogens with one attached hydrogen (secondary N) is 1. The lowest BCUT2D eigenvalue weighted by molar-refractivity contribution is -0.113. The molecule has 0 spiro atoms. The highest BCUT2D eigenvalue weighted by molar-refractivity contribution is 7.99. The van der Waals surface area contributed by atoms with Gasteiger partial charge in [0.1, 0.15) is 16.9 Å². The molecule has 0 fully saturated rings. The van der Waals surface area contributed by atoms with Crippen LogP contribution in [0, 0.1) is 11.3 Å². The summed E-state index contributed by atoms with van der Waals surface area (Å²) in [5.41, 5.74) is 3.08. The van der Waals surface area contributed by atoms with Crippen LogP contribution in [-0.4, -0.2) is 26.4 Å². The van der Waals surface area contributed by atoms with Crippen molar-refractivity contribution in [3.63, 3.8) is 0 Å². The molecule has 32 heavy (non-hydrogen) atoms. The van der Waals surface area contributed by atoms with E-state index in [0.717, 1.165) is 61.6 Å². The van der Waals surface area contributed by atoms with E-state index in [-0.39, 0.29) is 11.7 Å². The van der Waals surface area contributed by atoms with Crippen molar-refractivity contribution in [2.24, 2.45) is 0 Å². The predicted octanol–water partition coefficient (Wildman–Crippen LogP) is 5.02. The molecule has 0 bridgehead atoms. The van der Waals surface area contributed by atoms with Gasteiger partial charge in [-0.25, -0.2) is 0 Å². The number of rotatable bonds is 8. The molecule has 4 rings (SSSR count). The van der Waals surface area contributed by atoms with Crippen molar-refractivity contribution < 1.29 is 4.79 Å². The number of aromatic nitrogens is 3. The second kappa shape index (κ2) is 10.8. The number of aryl methyl sites for hydroxylation is 3. The summed E-state index contributed by atoms with van der Waals surface area (Å²) in [5.74, 6) is 1.07. The number of amides is 1. The number of carbonyl (C=O) groups excluding carboxylic acids is 1. The number of benzene rings is 1. The first-order valence-electron chi connectivity index (χ1n) is 11.1. The summed E-state index contributed by atoms with van der Waals surface area (Å²) in [7, 11) is 0. The molecule has 1 aliphatic carbocycles. The van der Waals surface area contributed by atoms with Gasteiger partial charge in [0.25, 0.3) is 0 Å². The molecule has 166 valence electrons. The summed E-state index contributed by atoms with van der Waals surface area (Å²) in [6.07, 6.45) is 7.13. The fourth-order valence-electron chi connectivity index (χ4n) is 4.07. The molecular formula is C24H27N5OS2. The van der Waals surface area contributed by atoms with E-state index in [1.165, 1.54) is 28.6 Å². The molecule has 2 aromatic heterocycles. The summed E-state index contributed by atoms with van der Waals surface area (Å²) in [5, 5.41) is 22.8. The van der Waals surface area contributed by atoms with Crippen LogP contribution >= 0.6 is 23.1 Å². The fourth-order valence-corrected chi connectivity index (χ4v) is 6.15. The number of thiophene rings is 1. The van der Waals surface area contributed by atoms with Crippen LogP contribution in [0.4, 0.5) is 5.00 Å². The summed E-state index contributed by atoms with van der Waals surface area (Å²) in [6, 6.07) is 12.7. The third-order valence-corrected chi connectivity index (χ3v) is 7.88. The lowest BCUT2D eigenvalue weighted by Crippen LogP contribution is -2.15. The lowest BCUT2D eigenvalue weighted by atomic mass is 10.1. The fraction of sp³-hybridized carbons (Fsp3) is 0.417. The number of hydrogen-bond donors (Lipinski definition) is 1. The summed E-state index contributed by atoms with van der Waals surface area (Å²) < 4.78 is 2.08. The van der Waals surface area contributed by atoms with E-state index in [1.807, 2.05) is 18.2 Å². The molecule has 0 atom stereocenters. The van der Waals surface area contributed by atoms with E-state index in [0.29, 0.717) is 10.6 Å². The molecule has 0 saturated heterocycles. The maximum Gasteiger partial charge on any atom is 0.235 e. The van der Waals surface area contributed by atoms with Gasteiger partial charge in [0, 0.05) is 17.8 Å². The number of fused-ring (bicyclic) bond motifs is 1. The first kappa shape index (κ1) is 22.6. The third kappa shape index (κ3) is 5.22. The van der Waals surface area contributed by atoms with Crippen LogP contribution in [0.1, 0.15) is 53.6 Å². The number of nitriles is 1. The minimum atomic E-state index is -0.112. The van der Waals surface area contributed by atoms with E-state index in [1.54, 1.807) is 11.3 Å². The van der Waals surface area contributed by atoms with Crippen LogP contribution in [0.2, 0.25) is 0 Å². The highest BCUT2D eigenvalue weighted by atomic mass is 32.2. The van der Waals surface area contributed by atoms with Gasteiger partial charge in [0.15, 0.2) is 5.16 Å². The van der Waals surface area contributed by atoms with E-state index >= 15 is 0 Å². The Bertz CT molecular complexity index is 1110. The van der Waals surface area contributed by atoms with E-state index in [2.05, 4.69) is 45.2 Å². The van der Waals surface area contributed by atoms with Crippen molar-refractivity contribution >= 4 is 34.0 Å². The molecule has 1 aromatic carbocycles. The number of anilines is 1. The molecule has 1 N–H and O–H groups in total. The summed E-state index contributed by atoms with van der Waals surface area (Å²) in [6.45, 7) is 2.83. The molecule has 3 aromatic rings. The lowest BCUT2D eigenvalue weighted by Gasteiger charge is -2.08. The van der Waals surface area contributed by atoms with Gasteiger partial charge >= 0.3 is 0 Å². The molecule has 6 nitrogen and oxygen atoms in total. The molecule has 1 amide bonds. The van der Waals surface area contributed by atoms with E-state index in [4.69, 9.17) is 0 Å². The number of hydrogen-bond acceptors (Lipinski definition) is 6. The SMILES string of the molecule is CCn1c(CCc2ccccc2)nnc1SCC(=O)Nc1sc2c(c1C#N)CCCCC2. The first-order chi connectivity index (χ1) is 15.7. The zero-order valence-corrected chi connectivity index (χ0v) is 19.9. The molecule has 0 saturated carbocycles. The molecule has 0 unspecified atom stereocenters. The summed E-state index contributed by atoms with van der Waals surface area (Å²) in [4.78, 5) is 13.9. The van der Waals surface area contributed by atoms with Gasteiger partial charge in [-0.05, 0) is 50.2 Å². The monoisotopic (exact) mass is 465 g/mol. The molecule has 0 aliphatic heterocycles. The predicted molar refractivity (Wildman–Crippen MR) is 129 cm³/mol. The van der Waals surface area contributed by atoms with Crippen molar-refractivity contribution in [2.75, 3.05) is 11.1 Å².